The molecule has 26 heavy (non-hydrogen) atoms. The van der Waals surface area contributed by atoms with Crippen molar-refractivity contribution in [1.29, 1.82) is 0 Å². The van der Waals surface area contributed by atoms with Crippen LogP contribution in [0.2, 0.25) is 0 Å². The van der Waals surface area contributed by atoms with E-state index in [1.807, 2.05) is 13.8 Å². The first kappa shape index (κ1) is 22.2. The number of aromatic nitrogens is 4. The second-order valence-corrected chi connectivity index (χ2v) is 6.12. The number of imidazole rings is 1. The fourth-order valence-corrected chi connectivity index (χ4v) is 2.11. The summed E-state index contributed by atoms with van der Waals surface area (Å²) in [7, 11) is 0. The fourth-order valence-electron chi connectivity index (χ4n) is 1.93. The van der Waals surface area contributed by atoms with Gasteiger partial charge in [0.25, 0.3) is 5.56 Å². The van der Waals surface area contributed by atoms with Gasteiger partial charge in [0, 0.05) is 0 Å². The molecule has 0 aliphatic rings. The van der Waals surface area contributed by atoms with Crippen molar-refractivity contribution in [3.8, 4) is 0 Å². The number of alkyl halides is 1. The number of ether oxygens (including phenoxy) is 2. The minimum absolute atomic E-state index is 0. The molecule has 0 amide bonds. The Balaban J connectivity index is 0.00000338. The summed E-state index contributed by atoms with van der Waals surface area (Å²) >= 11 is 5.84. The number of carbonyl (C=O) groups excluding carboxylic acids is 1. The quantitative estimate of drug-likeness (QED) is 0.414. The van der Waals surface area contributed by atoms with Crippen LogP contribution >= 0.6 is 24.0 Å². The van der Waals surface area contributed by atoms with Gasteiger partial charge in [-0.15, -0.1) is 24.0 Å². The number of H-pyrrole nitrogens is 1. The highest BCUT2D eigenvalue weighted by Gasteiger charge is 2.21. The van der Waals surface area contributed by atoms with E-state index < -0.39 is 23.7 Å². The number of aromatic amines is 1. The molecule has 0 saturated heterocycles. The van der Waals surface area contributed by atoms with Crippen LogP contribution in [-0.2, 0) is 21.0 Å². The van der Waals surface area contributed by atoms with Crippen molar-refractivity contribution in [1.82, 2.24) is 19.5 Å². The van der Waals surface area contributed by atoms with Gasteiger partial charge in [-0.05, 0) is 5.92 Å². The molecule has 1 unspecified atom stereocenters. The van der Waals surface area contributed by atoms with E-state index >= 15 is 0 Å². The van der Waals surface area contributed by atoms with E-state index in [1.54, 1.807) is 0 Å². The van der Waals surface area contributed by atoms with Crippen molar-refractivity contribution >= 4 is 47.1 Å². The highest BCUT2D eigenvalue weighted by molar-refractivity contribution is 6.18. The Hall–Kier alpha value is -1.88. The van der Waals surface area contributed by atoms with Crippen LogP contribution in [0.3, 0.4) is 0 Å². The minimum atomic E-state index is -0.701. The monoisotopic (exact) mass is 408 g/mol. The van der Waals surface area contributed by atoms with E-state index in [9.17, 15) is 9.59 Å². The number of fused-ring (bicyclic) bond motifs is 1. The Labute approximate surface area is 160 Å². The van der Waals surface area contributed by atoms with E-state index in [0.717, 1.165) is 0 Å². The molecule has 0 spiro atoms. The van der Waals surface area contributed by atoms with Gasteiger partial charge in [-0.25, -0.2) is 4.98 Å². The third-order valence-electron chi connectivity index (χ3n) is 3.52. The predicted molar refractivity (Wildman–Crippen MR) is 99.2 cm³/mol. The second-order valence-electron chi connectivity index (χ2n) is 5.81. The van der Waals surface area contributed by atoms with E-state index in [4.69, 9.17) is 32.5 Å². The van der Waals surface area contributed by atoms with Crippen molar-refractivity contribution in [3.63, 3.8) is 0 Å². The van der Waals surface area contributed by atoms with E-state index in [0.29, 0.717) is 0 Å². The van der Waals surface area contributed by atoms with Gasteiger partial charge in [0.05, 0.1) is 12.2 Å². The molecule has 2 heterocycles. The van der Waals surface area contributed by atoms with Crippen LogP contribution in [-0.4, -0.2) is 50.1 Å². The lowest BCUT2D eigenvalue weighted by Crippen LogP contribution is -2.38. The Bertz CT molecular complexity index is 793. The molecule has 10 nitrogen and oxygen atoms in total. The maximum absolute atomic E-state index is 11.8. The Morgan fingerprint density at radius 1 is 1.46 bits per heavy atom. The van der Waals surface area contributed by atoms with Crippen molar-refractivity contribution in [2.45, 2.75) is 32.7 Å². The highest BCUT2D eigenvalue weighted by Crippen LogP contribution is 2.09. The topological polar surface area (TPSA) is 151 Å². The van der Waals surface area contributed by atoms with Crippen LogP contribution in [0.4, 0.5) is 5.95 Å². The predicted octanol–water partition coefficient (Wildman–Crippen LogP) is 0.232. The summed E-state index contributed by atoms with van der Waals surface area (Å²) in [4.78, 5) is 33.8. The SMILES string of the molecule is CC(C)[C@H](N)C(=O)OCC(CCl)OCn1cnc2c(=O)[nH]c(N)nc21.Cl. The summed E-state index contributed by atoms with van der Waals surface area (Å²) in [6.45, 7) is 3.63. The fraction of sp³-hybridized carbons (Fsp3) is 0.571. The van der Waals surface area contributed by atoms with Crippen molar-refractivity contribution in [2.75, 3.05) is 18.2 Å². The number of carbonyl (C=O) groups is 1. The summed E-state index contributed by atoms with van der Waals surface area (Å²) in [6, 6.07) is -0.701. The molecule has 0 bridgehead atoms. The van der Waals surface area contributed by atoms with Crippen LogP contribution in [0.5, 0.6) is 0 Å². The largest absolute Gasteiger partial charge is 0.462 e. The van der Waals surface area contributed by atoms with Crippen LogP contribution in [0.25, 0.3) is 11.2 Å². The van der Waals surface area contributed by atoms with Gasteiger partial charge < -0.3 is 20.9 Å². The lowest BCUT2D eigenvalue weighted by Gasteiger charge is -2.19. The number of hydrogen-bond acceptors (Lipinski definition) is 8. The van der Waals surface area contributed by atoms with Crippen LogP contribution in [0.1, 0.15) is 13.8 Å². The first-order valence-corrected chi connectivity index (χ1v) is 8.17. The molecule has 2 aromatic rings. The Morgan fingerprint density at radius 2 is 2.15 bits per heavy atom. The van der Waals surface area contributed by atoms with Crippen molar-refractivity contribution in [3.05, 3.63) is 16.7 Å². The summed E-state index contributed by atoms with van der Waals surface area (Å²) in [5, 5.41) is 0. The summed E-state index contributed by atoms with van der Waals surface area (Å²) < 4.78 is 12.2. The number of anilines is 1. The van der Waals surface area contributed by atoms with Crippen molar-refractivity contribution in [2.24, 2.45) is 11.7 Å². The van der Waals surface area contributed by atoms with Gasteiger partial charge in [-0.2, -0.15) is 4.98 Å². The summed E-state index contributed by atoms with van der Waals surface area (Å²) in [6.07, 6.45) is 0.847. The second kappa shape index (κ2) is 9.72. The average molecular weight is 409 g/mol. The van der Waals surface area contributed by atoms with Crippen LogP contribution in [0.15, 0.2) is 11.1 Å². The molecule has 2 atom stereocenters. The molecular formula is C14H22Cl2N6O4. The lowest BCUT2D eigenvalue weighted by atomic mass is 10.1. The van der Waals surface area contributed by atoms with Crippen LogP contribution in [0, 0.1) is 5.92 Å². The summed E-state index contributed by atoms with van der Waals surface area (Å²) in [5.41, 5.74) is 11.2. The smallest absolute Gasteiger partial charge is 0.323 e. The standard InChI is InChI=1S/C14H21ClN6O4.ClH/c1-7(2)9(16)13(23)24-4-8(3-15)25-6-21-5-18-10-11(21)19-14(17)20-12(10)22;/h5,7-9H,3-4,6,16H2,1-2H3,(H3,17,19,20,22);1H/t8?,9-;/m0./s1. The number of esters is 1. The zero-order valence-corrected chi connectivity index (χ0v) is 15.9. The zero-order chi connectivity index (χ0) is 18.6. The molecule has 0 aromatic carbocycles. The van der Waals surface area contributed by atoms with Gasteiger partial charge in [0.1, 0.15) is 25.5 Å². The first-order valence-electron chi connectivity index (χ1n) is 7.63. The molecule has 5 N–H and O–H groups in total. The van der Waals surface area contributed by atoms with Gasteiger partial charge in [-0.1, -0.05) is 13.8 Å². The van der Waals surface area contributed by atoms with E-state index in [2.05, 4.69) is 15.0 Å². The molecule has 2 rings (SSSR count). The van der Waals surface area contributed by atoms with Gasteiger partial charge in [-0.3, -0.25) is 19.1 Å². The molecular weight excluding hydrogens is 387 g/mol. The molecule has 146 valence electrons. The van der Waals surface area contributed by atoms with E-state index in [1.165, 1.54) is 10.9 Å². The lowest BCUT2D eigenvalue weighted by molar-refractivity contribution is -0.150. The third kappa shape index (κ3) is 5.31. The zero-order valence-electron chi connectivity index (χ0n) is 14.3. The van der Waals surface area contributed by atoms with Crippen molar-refractivity contribution < 1.29 is 14.3 Å². The number of nitrogen functional groups attached to an aromatic ring is 1. The number of nitrogens with zero attached hydrogens (tertiary/aromatic N) is 3. The minimum Gasteiger partial charge on any atom is -0.462 e. The van der Waals surface area contributed by atoms with Gasteiger partial charge in [0.2, 0.25) is 5.95 Å². The molecule has 0 radical (unpaired) electrons. The molecule has 0 aliphatic heterocycles. The Morgan fingerprint density at radius 3 is 2.77 bits per heavy atom. The van der Waals surface area contributed by atoms with Crippen LogP contribution < -0.4 is 17.0 Å². The average Bonchev–Trinajstić information content (AvgIpc) is 2.97. The molecule has 0 fully saturated rings. The third-order valence-corrected chi connectivity index (χ3v) is 3.86. The maximum Gasteiger partial charge on any atom is 0.323 e. The molecule has 12 heteroatoms. The normalized spacial score (nSPS) is 13.4. The number of rotatable bonds is 8. The highest BCUT2D eigenvalue weighted by atomic mass is 35.5. The number of nitrogens with two attached hydrogens (primary N) is 2. The van der Waals surface area contributed by atoms with Gasteiger partial charge in [0.15, 0.2) is 11.2 Å². The summed E-state index contributed by atoms with van der Waals surface area (Å²) in [5.74, 6) is -0.463. The maximum atomic E-state index is 11.8. The molecule has 2 aromatic heterocycles. The molecule has 0 aliphatic carbocycles. The number of halogens is 2. The first-order chi connectivity index (χ1) is 11.8. The number of nitrogens with one attached hydrogen (secondary N) is 1. The molecule has 0 saturated carbocycles. The van der Waals surface area contributed by atoms with Gasteiger partial charge >= 0.3 is 5.97 Å². The van der Waals surface area contributed by atoms with E-state index in [-0.39, 0.29) is 54.7 Å². The Kier molecular flexibility index (Phi) is 8.28. The number of hydrogen-bond donors (Lipinski definition) is 3.